The first kappa shape index (κ1) is 22.6. The number of sulfone groups is 1. The van der Waals surface area contributed by atoms with E-state index in [0.717, 1.165) is 24.7 Å². The van der Waals surface area contributed by atoms with Crippen molar-refractivity contribution in [2.75, 3.05) is 12.8 Å². The Balaban J connectivity index is 1.65. The molecule has 170 valence electrons. The Labute approximate surface area is 191 Å². The topological polar surface area (TPSA) is 102 Å². The summed E-state index contributed by atoms with van der Waals surface area (Å²) >= 11 is 1.31. The minimum Gasteiger partial charge on any atom is -0.445 e. The molecule has 1 unspecified atom stereocenters. The molecule has 32 heavy (non-hydrogen) atoms. The molecule has 8 nitrogen and oxygen atoms in total. The molecule has 0 aliphatic carbocycles. The van der Waals surface area contributed by atoms with Gasteiger partial charge >= 0.3 is 6.09 Å². The molecule has 0 N–H and O–H groups in total. The lowest BCUT2D eigenvalue weighted by molar-refractivity contribution is 0.0920. The number of amides is 1. The Hall–Kier alpha value is -2.59. The van der Waals surface area contributed by atoms with Crippen LogP contribution in [0.25, 0.3) is 10.3 Å². The molecule has 0 bridgehead atoms. The smallest absolute Gasteiger partial charge is 0.410 e. The summed E-state index contributed by atoms with van der Waals surface area (Å²) in [5, 5.41) is 0.588. The summed E-state index contributed by atoms with van der Waals surface area (Å²) in [6.45, 7) is 6.56. The van der Waals surface area contributed by atoms with Gasteiger partial charge in [0.15, 0.2) is 14.9 Å². The van der Waals surface area contributed by atoms with Crippen molar-refractivity contribution >= 4 is 37.6 Å². The maximum atomic E-state index is 12.8. The van der Waals surface area contributed by atoms with Crippen LogP contribution in [0.2, 0.25) is 0 Å². The lowest BCUT2D eigenvalue weighted by Gasteiger charge is -2.22. The molecule has 3 aromatic rings. The van der Waals surface area contributed by atoms with Gasteiger partial charge in [-0.15, -0.1) is 0 Å². The average Bonchev–Trinajstić information content (AvgIpc) is 3.37. The first-order valence-corrected chi connectivity index (χ1v) is 13.1. The van der Waals surface area contributed by atoms with Crippen LogP contribution in [0.1, 0.15) is 56.1 Å². The van der Waals surface area contributed by atoms with E-state index in [-0.39, 0.29) is 23.2 Å². The monoisotopic (exact) mass is 474 g/mol. The van der Waals surface area contributed by atoms with Crippen molar-refractivity contribution in [2.45, 2.75) is 56.7 Å². The number of rotatable bonds is 4. The normalized spacial score (nSPS) is 17.1. The van der Waals surface area contributed by atoms with E-state index in [0.29, 0.717) is 22.2 Å². The molecule has 1 fully saturated rings. The van der Waals surface area contributed by atoms with Crippen LogP contribution < -0.4 is 0 Å². The van der Waals surface area contributed by atoms with Crippen LogP contribution in [0, 0.1) is 0 Å². The lowest BCUT2D eigenvalue weighted by Crippen LogP contribution is -2.31. The first-order chi connectivity index (χ1) is 15.0. The van der Waals surface area contributed by atoms with Gasteiger partial charge in [-0.25, -0.2) is 28.2 Å². The van der Waals surface area contributed by atoms with Crippen LogP contribution >= 0.6 is 11.3 Å². The van der Waals surface area contributed by atoms with Gasteiger partial charge in [0.05, 0.1) is 6.04 Å². The maximum Gasteiger partial charge on any atom is 0.410 e. The molecule has 0 saturated carbocycles. The fourth-order valence-corrected chi connectivity index (χ4v) is 5.49. The highest BCUT2D eigenvalue weighted by atomic mass is 32.2. The van der Waals surface area contributed by atoms with Gasteiger partial charge in [-0.3, -0.25) is 4.90 Å². The molecule has 1 aliphatic heterocycles. The Kier molecular flexibility index (Phi) is 5.93. The third-order valence-electron chi connectivity index (χ3n) is 5.24. The number of hydrogen-bond donors (Lipinski definition) is 0. The van der Waals surface area contributed by atoms with E-state index in [1.54, 1.807) is 4.90 Å². The zero-order chi connectivity index (χ0) is 23.1. The van der Waals surface area contributed by atoms with Crippen molar-refractivity contribution in [3.05, 3.63) is 46.7 Å². The molecule has 1 aliphatic rings. The lowest BCUT2D eigenvalue weighted by atomic mass is 9.96. The number of fused-ring (bicyclic) bond motifs is 1. The summed E-state index contributed by atoms with van der Waals surface area (Å²) in [6.07, 6.45) is 2.27. The summed E-state index contributed by atoms with van der Waals surface area (Å²) in [5.41, 5.74) is 0.766. The van der Waals surface area contributed by atoms with Crippen molar-refractivity contribution in [1.82, 2.24) is 19.9 Å². The van der Waals surface area contributed by atoms with Crippen molar-refractivity contribution in [3.8, 4) is 0 Å². The van der Waals surface area contributed by atoms with E-state index in [1.165, 1.54) is 11.3 Å². The molecule has 10 heteroatoms. The molecule has 1 atom stereocenters. The zero-order valence-electron chi connectivity index (χ0n) is 18.5. The summed E-state index contributed by atoms with van der Waals surface area (Å²) in [7, 11) is -3.60. The first-order valence-electron chi connectivity index (χ1n) is 10.4. The van der Waals surface area contributed by atoms with E-state index in [9.17, 15) is 13.2 Å². The van der Waals surface area contributed by atoms with Gasteiger partial charge in [-0.2, -0.15) is 0 Å². The number of benzene rings is 1. The van der Waals surface area contributed by atoms with Gasteiger partial charge < -0.3 is 4.74 Å². The number of nitrogens with zero attached hydrogens (tertiary/aromatic N) is 4. The van der Waals surface area contributed by atoms with Gasteiger partial charge in [0.1, 0.15) is 27.8 Å². The van der Waals surface area contributed by atoms with Gasteiger partial charge in [-0.1, -0.05) is 62.4 Å². The molecule has 3 heterocycles. The number of thiazole rings is 1. The van der Waals surface area contributed by atoms with E-state index in [4.69, 9.17) is 4.74 Å². The van der Waals surface area contributed by atoms with E-state index in [2.05, 4.69) is 15.0 Å². The minimum atomic E-state index is -3.60. The van der Waals surface area contributed by atoms with Crippen LogP contribution in [0.5, 0.6) is 0 Å². The predicted molar refractivity (Wildman–Crippen MR) is 122 cm³/mol. The largest absolute Gasteiger partial charge is 0.445 e. The van der Waals surface area contributed by atoms with Crippen LogP contribution in [0.4, 0.5) is 4.79 Å². The maximum absolute atomic E-state index is 12.8. The standard InChI is InChI=1S/C22H26N4O4S2/c1-22(2,3)20-24-18-16(19(25-20)32(4,28)29)23-17(31-18)15-11-8-12-26(15)21(27)30-13-14-9-6-5-7-10-14/h5-7,9-10,15H,8,11-13H2,1-4H3. The molecule has 4 rings (SSSR count). The van der Waals surface area contributed by atoms with Gasteiger partial charge in [0, 0.05) is 18.2 Å². The quantitative estimate of drug-likeness (QED) is 0.521. The molecule has 1 saturated heterocycles. The second kappa shape index (κ2) is 8.40. The SMILES string of the molecule is CC(C)(C)c1nc(S(C)(=O)=O)c2nc(C3CCCN3C(=O)OCc3ccccc3)sc2n1. The fourth-order valence-electron chi connectivity index (χ4n) is 3.59. The zero-order valence-corrected chi connectivity index (χ0v) is 20.2. The van der Waals surface area contributed by atoms with Crippen molar-refractivity contribution in [1.29, 1.82) is 0 Å². The van der Waals surface area contributed by atoms with E-state index < -0.39 is 21.3 Å². The number of hydrogen-bond acceptors (Lipinski definition) is 8. The number of ether oxygens (including phenoxy) is 1. The Bertz CT molecular complexity index is 1250. The molecule has 2 aromatic heterocycles. The van der Waals surface area contributed by atoms with Gasteiger partial charge in [-0.05, 0) is 18.4 Å². The number of aromatic nitrogens is 3. The fraction of sp³-hybridized carbons (Fsp3) is 0.455. The molecule has 1 amide bonds. The summed E-state index contributed by atoms with van der Waals surface area (Å²) in [5.74, 6) is 0.450. The Morgan fingerprint density at radius 3 is 2.56 bits per heavy atom. The third kappa shape index (κ3) is 4.61. The molecule has 0 spiro atoms. The molecule has 0 radical (unpaired) electrons. The highest BCUT2D eigenvalue weighted by Gasteiger charge is 2.35. The van der Waals surface area contributed by atoms with Crippen LogP contribution in [0.15, 0.2) is 35.4 Å². The Morgan fingerprint density at radius 2 is 1.91 bits per heavy atom. The molecular weight excluding hydrogens is 448 g/mol. The van der Waals surface area contributed by atoms with Crippen molar-refractivity contribution in [2.24, 2.45) is 0 Å². The second-order valence-corrected chi connectivity index (χ2v) is 11.9. The summed E-state index contributed by atoms with van der Waals surface area (Å²) in [6, 6.07) is 9.24. The summed E-state index contributed by atoms with van der Waals surface area (Å²) in [4.78, 5) is 28.5. The number of likely N-dealkylation sites (tertiary alicyclic amines) is 1. The Morgan fingerprint density at radius 1 is 1.19 bits per heavy atom. The average molecular weight is 475 g/mol. The van der Waals surface area contributed by atoms with Crippen LogP contribution in [0.3, 0.4) is 0 Å². The number of carbonyl (C=O) groups excluding carboxylic acids is 1. The molecule has 1 aromatic carbocycles. The highest BCUT2D eigenvalue weighted by Crippen LogP contribution is 2.38. The number of carbonyl (C=O) groups is 1. The highest BCUT2D eigenvalue weighted by molar-refractivity contribution is 7.90. The van der Waals surface area contributed by atoms with Gasteiger partial charge in [0.2, 0.25) is 0 Å². The predicted octanol–water partition coefficient (Wildman–Crippen LogP) is 4.26. The van der Waals surface area contributed by atoms with E-state index >= 15 is 0 Å². The summed E-state index contributed by atoms with van der Waals surface area (Å²) < 4.78 is 30.4. The third-order valence-corrected chi connectivity index (χ3v) is 7.28. The van der Waals surface area contributed by atoms with Crippen molar-refractivity contribution < 1.29 is 17.9 Å². The second-order valence-electron chi connectivity index (χ2n) is 8.97. The van der Waals surface area contributed by atoms with Crippen LogP contribution in [-0.2, 0) is 26.6 Å². The van der Waals surface area contributed by atoms with Gasteiger partial charge in [0.25, 0.3) is 0 Å². The van der Waals surface area contributed by atoms with Crippen LogP contribution in [-0.4, -0.2) is 47.2 Å². The van der Waals surface area contributed by atoms with E-state index in [1.807, 2.05) is 51.1 Å². The molecular formula is C22H26N4O4S2. The minimum absolute atomic E-state index is 0.0638. The van der Waals surface area contributed by atoms with Crippen molar-refractivity contribution in [3.63, 3.8) is 0 Å².